The van der Waals surface area contributed by atoms with Gasteiger partial charge >= 0.3 is 0 Å². The number of hydrogen-bond donors (Lipinski definition) is 1. The maximum atomic E-state index is 10.9. The third-order valence-electron chi connectivity index (χ3n) is 4.18. The lowest BCUT2D eigenvalue weighted by Gasteiger charge is -2.35. The molecule has 1 aromatic carbocycles. The maximum absolute atomic E-state index is 10.9. The van der Waals surface area contributed by atoms with Crippen molar-refractivity contribution in [1.82, 2.24) is 4.90 Å². The van der Waals surface area contributed by atoms with Crippen molar-refractivity contribution in [1.29, 1.82) is 0 Å². The Morgan fingerprint density at radius 3 is 2.95 bits per heavy atom. The fraction of sp³-hybridized carbons (Fsp3) is 0.412. The average molecular weight is 319 g/mol. The van der Waals surface area contributed by atoms with E-state index in [2.05, 4.69) is 16.3 Å². The number of β-amino-alcohol motifs (C(OH)–C–C–N with tert-alkyl or cyclic N) is 1. The second-order valence-electron chi connectivity index (χ2n) is 5.55. The first kappa shape index (κ1) is 15.5. The molecule has 4 nitrogen and oxygen atoms in total. The zero-order valence-electron chi connectivity index (χ0n) is 12.9. The van der Waals surface area contributed by atoms with Gasteiger partial charge in [-0.1, -0.05) is 12.1 Å². The Hall–Kier alpha value is -1.40. The molecule has 1 aromatic heterocycles. The van der Waals surface area contributed by atoms with Crippen molar-refractivity contribution in [3.63, 3.8) is 0 Å². The molecular formula is C17H21NO3S. The van der Waals surface area contributed by atoms with Gasteiger partial charge < -0.3 is 14.6 Å². The molecule has 1 atom stereocenters. The minimum absolute atomic E-state index is 0.436. The first-order valence-corrected chi connectivity index (χ1v) is 8.22. The number of nitrogens with zero attached hydrogens (tertiary/aromatic N) is 1. The highest BCUT2D eigenvalue weighted by atomic mass is 32.1. The SMILES string of the molecule is COc1cccc(C(O)(CN2CCc3sccc3C2)OC)c1. The number of benzene rings is 1. The molecule has 0 fully saturated rings. The molecule has 0 saturated carbocycles. The molecule has 0 spiro atoms. The van der Waals surface area contributed by atoms with Gasteiger partial charge in [-0.05, 0) is 35.6 Å². The summed E-state index contributed by atoms with van der Waals surface area (Å²) in [6.07, 6.45) is 1.03. The van der Waals surface area contributed by atoms with Crippen molar-refractivity contribution in [3.8, 4) is 5.75 Å². The summed E-state index contributed by atoms with van der Waals surface area (Å²) in [5, 5.41) is 13.1. The molecule has 118 valence electrons. The summed E-state index contributed by atoms with van der Waals surface area (Å²) < 4.78 is 10.7. The van der Waals surface area contributed by atoms with Gasteiger partial charge in [0, 0.05) is 30.6 Å². The van der Waals surface area contributed by atoms with Crippen LogP contribution in [0.5, 0.6) is 5.75 Å². The summed E-state index contributed by atoms with van der Waals surface area (Å²) in [4.78, 5) is 3.69. The lowest BCUT2D eigenvalue weighted by Crippen LogP contribution is -2.44. The van der Waals surface area contributed by atoms with Crippen LogP contribution in [0.1, 0.15) is 16.0 Å². The zero-order valence-corrected chi connectivity index (χ0v) is 13.7. The smallest absolute Gasteiger partial charge is 0.205 e. The quantitative estimate of drug-likeness (QED) is 0.860. The van der Waals surface area contributed by atoms with Crippen LogP contribution in [-0.2, 0) is 23.5 Å². The normalized spacial score (nSPS) is 17.8. The molecule has 0 radical (unpaired) electrons. The Morgan fingerprint density at radius 1 is 1.32 bits per heavy atom. The molecule has 22 heavy (non-hydrogen) atoms. The van der Waals surface area contributed by atoms with Crippen LogP contribution >= 0.6 is 11.3 Å². The van der Waals surface area contributed by atoms with Crippen LogP contribution in [0.4, 0.5) is 0 Å². The number of methoxy groups -OCH3 is 2. The second-order valence-corrected chi connectivity index (χ2v) is 6.55. The van der Waals surface area contributed by atoms with E-state index in [1.165, 1.54) is 10.4 Å². The molecule has 2 heterocycles. The predicted octanol–water partition coefficient (Wildman–Crippen LogP) is 2.61. The molecule has 1 unspecified atom stereocenters. The Morgan fingerprint density at radius 2 is 2.18 bits per heavy atom. The van der Waals surface area contributed by atoms with Gasteiger partial charge in [-0.25, -0.2) is 0 Å². The van der Waals surface area contributed by atoms with E-state index in [1.54, 1.807) is 14.2 Å². The first-order valence-electron chi connectivity index (χ1n) is 7.34. The van der Waals surface area contributed by atoms with E-state index in [0.29, 0.717) is 17.9 Å². The standard InChI is InChI=1S/C17H21NO3S/c1-20-15-5-3-4-14(10-15)17(19,21-2)12-18-8-6-16-13(11-18)7-9-22-16/h3-5,7,9-10,19H,6,8,11-12H2,1-2H3. The van der Waals surface area contributed by atoms with E-state index in [1.807, 2.05) is 35.6 Å². The van der Waals surface area contributed by atoms with E-state index in [4.69, 9.17) is 9.47 Å². The molecule has 1 aliphatic rings. The lowest BCUT2D eigenvalue weighted by atomic mass is 10.0. The van der Waals surface area contributed by atoms with Gasteiger partial charge in [-0.15, -0.1) is 11.3 Å². The van der Waals surface area contributed by atoms with Crippen molar-refractivity contribution in [3.05, 3.63) is 51.7 Å². The first-order chi connectivity index (χ1) is 10.6. The lowest BCUT2D eigenvalue weighted by molar-refractivity contribution is -0.207. The summed E-state index contributed by atoms with van der Waals surface area (Å²) in [6, 6.07) is 9.59. The molecular weight excluding hydrogens is 298 g/mol. The molecule has 0 bridgehead atoms. The summed E-state index contributed by atoms with van der Waals surface area (Å²) in [7, 11) is 3.16. The summed E-state index contributed by atoms with van der Waals surface area (Å²) in [5.74, 6) is -0.617. The van der Waals surface area contributed by atoms with E-state index in [-0.39, 0.29) is 0 Å². The highest BCUT2D eigenvalue weighted by Gasteiger charge is 2.33. The largest absolute Gasteiger partial charge is 0.497 e. The third-order valence-corrected chi connectivity index (χ3v) is 5.21. The molecule has 0 amide bonds. The Kier molecular flexibility index (Phi) is 4.49. The van der Waals surface area contributed by atoms with Crippen LogP contribution in [0, 0.1) is 0 Å². The van der Waals surface area contributed by atoms with Crippen molar-refractivity contribution < 1.29 is 14.6 Å². The van der Waals surface area contributed by atoms with Gasteiger partial charge in [0.2, 0.25) is 5.79 Å². The maximum Gasteiger partial charge on any atom is 0.205 e. The van der Waals surface area contributed by atoms with Crippen LogP contribution in [0.25, 0.3) is 0 Å². The summed E-state index contributed by atoms with van der Waals surface area (Å²) in [5.41, 5.74) is 2.07. The van der Waals surface area contributed by atoms with E-state index in [0.717, 1.165) is 19.5 Å². The molecule has 5 heteroatoms. The van der Waals surface area contributed by atoms with Crippen molar-refractivity contribution in [2.75, 3.05) is 27.3 Å². The molecule has 1 aliphatic heterocycles. The van der Waals surface area contributed by atoms with Gasteiger partial charge in [0.25, 0.3) is 0 Å². The van der Waals surface area contributed by atoms with Crippen LogP contribution in [0.2, 0.25) is 0 Å². The minimum Gasteiger partial charge on any atom is -0.497 e. The van der Waals surface area contributed by atoms with Crippen LogP contribution < -0.4 is 4.74 Å². The Labute approximate surface area is 134 Å². The topological polar surface area (TPSA) is 41.9 Å². The Bertz CT molecular complexity index is 642. The summed E-state index contributed by atoms with van der Waals surface area (Å²) >= 11 is 1.82. The van der Waals surface area contributed by atoms with Gasteiger partial charge in [0.1, 0.15) is 5.75 Å². The fourth-order valence-corrected chi connectivity index (χ4v) is 3.77. The number of aliphatic hydroxyl groups is 1. The second kappa shape index (κ2) is 6.38. The van der Waals surface area contributed by atoms with Gasteiger partial charge in [-0.3, -0.25) is 4.90 Å². The number of fused-ring (bicyclic) bond motifs is 1. The van der Waals surface area contributed by atoms with Gasteiger partial charge in [0.05, 0.1) is 13.7 Å². The zero-order chi connectivity index (χ0) is 15.6. The van der Waals surface area contributed by atoms with E-state index in [9.17, 15) is 5.11 Å². The van der Waals surface area contributed by atoms with Crippen molar-refractivity contribution >= 4 is 11.3 Å². The van der Waals surface area contributed by atoms with Crippen LogP contribution in [-0.4, -0.2) is 37.3 Å². The third kappa shape index (κ3) is 3.03. The number of rotatable bonds is 5. The molecule has 3 rings (SSSR count). The molecule has 1 N–H and O–H groups in total. The number of ether oxygens (including phenoxy) is 2. The van der Waals surface area contributed by atoms with Crippen molar-refractivity contribution in [2.45, 2.75) is 18.8 Å². The molecule has 0 saturated heterocycles. The predicted molar refractivity (Wildman–Crippen MR) is 87.2 cm³/mol. The molecule has 2 aromatic rings. The van der Waals surface area contributed by atoms with Crippen molar-refractivity contribution in [2.24, 2.45) is 0 Å². The number of hydrogen-bond acceptors (Lipinski definition) is 5. The van der Waals surface area contributed by atoms with Gasteiger partial charge in [0.15, 0.2) is 0 Å². The molecule has 0 aliphatic carbocycles. The average Bonchev–Trinajstić information content (AvgIpc) is 3.02. The van der Waals surface area contributed by atoms with Gasteiger partial charge in [-0.2, -0.15) is 0 Å². The minimum atomic E-state index is -1.33. The Balaban J connectivity index is 1.78. The fourth-order valence-electron chi connectivity index (χ4n) is 2.88. The highest BCUT2D eigenvalue weighted by molar-refractivity contribution is 7.10. The van der Waals surface area contributed by atoms with E-state index < -0.39 is 5.79 Å². The highest BCUT2D eigenvalue weighted by Crippen LogP contribution is 2.30. The van der Waals surface area contributed by atoms with Crippen LogP contribution in [0.15, 0.2) is 35.7 Å². The van der Waals surface area contributed by atoms with E-state index >= 15 is 0 Å². The van der Waals surface area contributed by atoms with Crippen LogP contribution in [0.3, 0.4) is 0 Å². The number of thiophene rings is 1. The monoisotopic (exact) mass is 319 g/mol. The summed E-state index contributed by atoms with van der Waals surface area (Å²) in [6.45, 7) is 2.23.